The molecule has 0 saturated carbocycles. The molecule has 0 aliphatic rings. The molecule has 0 saturated heterocycles. The van der Waals surface area contributed by atoms with Gasteiger partial charge in [0.15, 0.2) is 17.5 Å². The molecule has 0 heterocycles. The third-order valence-electron chi connectivity index (χ3n) is 2.72. The van der Waals surface area contributed by atoms with Gasteiger partial charge in [-0.3, -0.25) is 0 Å². The zero-order chi connectivity index (χ0) is 14.0. The van der Waals surface area contributed by atoms with Crippen molar-refractivity contribution in [3.8, 4) is 0 Å². The van der Waals surface area contributed by atoms with Gasteiger partial charge in [-0.15, -0.1) is 0 Å². The number of benzene rings is 2. The van der Waals surface area contributed by atoms with E-state index in [4.69, 9.17) is 0 Å². The lowest BCUT2D eigenvalue weighted by atomic mass is 10.1. The maximum absolute atomic E-state index is 13.1. The number of anilines is 1. The fraction of sp³-hybridized carbons (Fsp3) is 0.143. The van der Waals surface area contributed by atoms with Crippen LogP contribution in [0.25, 0.3) is 0 Å². The van der Waals surface area contributed by atoms with Crippen LogP contribution in [0, 0.1) is 23.3 Å². The lowest BCUT2D eigenvalue weighted by Crippen LogP contribution is -2.08. The van der Waals surface area contributed by atoms with Gasteiger partial charge in [-0.2, -0.15) is 0 Å². The fourth-order valence-corrected chi connectivity index (χ4v) is 1.75. The highest BCUT2D eigenvalue weighted by Gasteiger charge is 2.12. The normalized spacial score (nSPS) is 12.3. The maximum atomic E-state index is 13.1. The molecule has 1 nitrogen and oxygen atoms in total. The third-order valence-corrected chi connectivity index (χ3v) is 2.72. The Morgan fingerprint density at radius 1 is 0.947 bits per heavy atom. The van der Waals surface area contributed by atoms with Gasteiger partial charge in [0, 0.05) is 23.9 Å². The number of rotatable bonds is 3. The second-order valence-corrected chi connectivity index (χ2v) is 4.17. The van der Waals surface area contributed by atoms with Gasteiger partial charge in [0.1, 0.15) is 5.82 Å². The number of hydrogen-bond acceptors (Lipinski definition) is 1. The molecule has 2 rings (SSSR count). The SMILES string of the molecule is CC(Nc1cc(F)c(F)c(F)c1)c1cccc(F)c1. The van der Waals surface area contributed by atoms with E-state index in [0.29, 0.717) is 5.56 Å². The van der Waals surface area contributed by atoms with E-state index in [-0.39, 0.29) is 11.7 Å². The first-order chi connectivity index (χ1) is 8.97. The summed E-state index contributed by atoms with van der Waals surface area (Å²) in [6, 6.07) is 7.16. The first-order valence-corrected chi connectivity index (χ1v) is 5.64. The summed E-state index contributed by atoms with van der Waals surface area (Å²) in [5.41, 5.74) is 0.707. The Balaban J connectivity index is 2.21. The van der Waals surface area contributed by atoms with Gasteiger partial charge in [-0.1, -0.05) is 12.1 Å². The van der Waals surface area contributed by atoms with E-state index in [9.17, 15) is 17.6 Å². The van der Waals surface area contributed by atoms with Crippen molar-refractivity contribution in [1.29, 1.82) is 0 Å². The summed E-state index contributed by atoms with van der Waals surface area (Å²) >= 11 is 0. The summed E-state index contributed by atoms with van der Waals surface area (Å²) in [7, 11) is 0. The summed E-state index contributed by atoms with van der Waals surface area (Å²) in [6.07, 6.45) is 0. The summed E-state index contributed by atoms with van der Waals surface area (Å²) < 4.78 is 51.9. The van der Waals surface area contributed by atoms with Crippen molar-refractivity contribution in [3.05, 3.63) is 65.2 Å². The van der Waals surface area contributed by atoms with Crippen LogP contribution in [0.1, 0.15) is 18.5 Å². The van der Waals surface area contributed by atoms with Crippen molar-refractivity contribution in [3.63, 3.8) is 0 Å². The van der Waals surface area contributed by atoms with Gasteiger partial charge in [0.05, 0.1) is 0 Å². The molecule has 0 bridgehead atoms. The zero-order valence-electron chi connectivity index (χ0n) is 10.1. The van der Waals surface area contributed by atoms with Gasteiger partial charge >= 0.3 is 0 Å². The molecule has 0 aliphatic carbocycles. The molecule has 0 amide bonds. The maximum Gasteiger partial charge on any atom is 0.194 e. The topological polar surface area (TPSA) is 12.0 Å². The lowest BCUT2D eigenvalue weighted by molar-refractivity contribution is 0.447. The predicted molar refractivity (Wildman–Crippen MR) is 64.8 cm³/mol. The van der Waals surface area contributed by atoms with Crippen LogP contribution in [0.4, 0.5) is 23.2 Å². The Kier molecular flexibility index (Phi) is 3.74. The molecule has 2 aromatic rings. The predicted octanol–water partition coefficient (Wildman–Crippen LogP) is 4.42. The van der Waals surface area contributed by atoms with Gasteiger partial charge in [-0.25, -0.2) is 17.6 Å². The molecular weight excluding hydrogens is 258 g/mol. The van der Waals surface area contributed by atoms with E-state index < -0.39 is 23.3 Å². The molecule has 5 heteroatoms. The average molecular weight is 269 g/mol. The average Bonchev–Trinajstić information content (AvgIpc) is 2.36. The van der Waals surface area contributed by atoms with Gasteiger partial charge < -0.3 is 5.32 Å². The Morgan fingerprint density at radius 2 is 1.58 bits per heavy atom. The molecule has 0 aromatic heterocycles. The second-order valence-electron chi connectivity index (χ2n) is 4.17. The first kappa shape index (κ1) is 13.4. The monoisotopic (exact) mass is 269 g/mol. The van der Waals surface area contributed by atoms with Crippen LogP contribution >= 0.6 is 0 Å². The molecule has 100 valence electrons. The summed E-state index contributed by atoms with van der Waals surface area (Å²) in [6.45, 7) is 1.70. The standard InChI is InChI=1S/C14H11F4N/c1-8(9-3-2-4-10(15)5-9)19-11-6-12(16)14(18)13(17)7-11/h2-8,19H,1H3. The van der Waals surface area contributed by atoms with Crippen LogP contribution in [-0.4, -0.2) is 0 Å². The minimum Gasteiger partial charge on any atom is -0.378 e. The number of hydrogen-bond donors (Lipinski definition) is 1. The highest BCUT2D eigenvalue weighted by atomic mass is 19.2. The molecule has 1 atom stereocenters. The minimum atomic E-state index is -1.51. The number of nitrogens with one attached hydrogen (secondary N) is 1. The van der Waals surface area contributed by atoms with Gasteiger partial charge in [-0.05, 0) is 24.6 Å². The van der Waals surface area contributed by atoms with E-state index in [1.165, 1.54) is 18.2 Å². The second kappa shape index (κ2) is 5.30. The molecule has 1 N–H and O–H groups in total. The van der Waals surface area contributed by atoms with E-state index in [0.717, 1.165) is 12.1 Å². The molecular formula is C14H11F4N. The van der Waals surface area contributed by atoms with Crippen LogP contribution in [0.15, 0.2) is 36.4 Å². The van der Waals surface area contributed by atoms with Crippen molar-refractivity contribution in [1.82, 2.24) is 0 Å². The Hall–Kier alpha value is -2.04. The van der Waals surface area contributed by atoms with E-state index in [2.05, 4.69) is 5.32 Å². The molecule has 1 unspecified atom stereocenters. The van der Waals surface area contributed by atoms with E-state index in [1.807, 2.05) is 0 Å². The Morgan fingerprint density at radius 3 is 2.16 bits per heavy atom. The van der Waals surface area contributed by atoms with Crippen LogP contribution in [-0.2, 0) is 0 Å². The first-order valence-electron chi connectivity index (χ1n) is 5.64. The zero-order valence-corrected chi connectivity index (χ0v) is 10.1. The molecule has 0 aliphatic heterocycles. The minimum absolute atomic E-state index is 0.0909. The quantitative estimate of drug-likeness (QED) is 0.642. The molecule has 0 fully saturated rings. The Labute approximate surface area is 107 Å². The van der Waals surface area contributed by atoms with Gasteiger partial charge in [0.2, 0.25) is 0 Å². The molecule has 2 aromatic carbocycles. The lowest BCUT2D eigenvalue weighted by Gasteiger charge is -2.16. The van der Waals surface area contributed by atoms with Crippen LogP contribution in [0.2, 0.25) is 0 Å². The third kappa shape index (κ3) is 3.05. The van der Waals surface area contributed by atoms with Crippen molar-refractivity contribution >= 4 is 5.69 Å². The van der Waals surface area contributed by atoms with Crippen LogP contribution in [0.5, 0.6) is 0 Å². The van der Waals surface area contributed by atoms with Crippen molar-refractivity contribution < 1.29 is 17.6 Å². The highest BCUT2D eigenvalue weighted by Crippen LogP contribution is 2.23. The van der Waals surface area contributed by atoms with Crippen molar-refractivity contribution in [2.75, 3.05) is 5.32 Å². The van der Waals surface area contributed by atoms with Crippen LogP contribution < -0.4 is 5.32 Å². The smallest absolute Gasteiger partial charge is 0.194 e. The van der Waals surface area contributed by atoms with E-state index >= 15 is 0 Å². The fourth-order valence-electron chi connectivity index (χ4n) is 1.75. The van der Waals surface area contributed by atoms with Crippen molar-refractivity contribution in [2.45, 2.75) is 13.0 Å². The largest absolute Gasteiger partial charge is 0.378 e. The van der Waals surface area contributed by atoms with Gasteiger partial charge in [0.25, 0.3) is 0 Å². The van der Waals surface area contributed by atoms with E-state index in [1.54, 1.807) is 13.0 Å². The molecule has 0 spiro atoms. The van der Waals surface area contributed by atoms with Crippen LogP contribution in [0.3, 0.4) is 0 Å². The molecule has 0 radical (unpaired) electrons. The summed E-state index contributed by atoms with van der Waals surface area (Å²) in [4.78, 5) is 0. The van der Waals surface area contributed by atoms with Crippen molar-refractivity contribution in [2.24, 2.45) is 0 Å². The molecule has 19 heavy (non-hydrogen) atoms. The summed E-state index contributed by atoms with van der Waals surface area (Å²) in [5, 5.41) is 2.78. The summed E-state index contributed by atoms with van der Waals surface area (Å²) in [5.74, 6) is -4.45. The Bertz CT molecular complexity index is 575. The highest BCUT2D eigenvalue weighted by molar-refractivity contribution is 5.46. The number of halogens is 4.